The smallest absolute Gasteiger partial charge is 0.319 e. The van der Waals surface area contributed by atoms with Crippen molar-refractivity contribution in [3.8, 4) is 0 Å². The highest BCUT2D eigenvalue weighted by atomic mass is 16.2. The first kappa shape index (κ1) is 13.6. The number of benzene rings is 1. The zero-order chi connectivity index (χ0) is 13.7. The fraction of sp³-hybridized carbons (Fsp3) is 0.400. The number of hydrogen-bond acceptors (Lipinski definition) is 2. The first-order chi connectivity index (χ1) is 9.16. The van der Waals surface area contributed by atoms with Crippen molar-refractivity contribution in [2.24, 2.45) is 0 Å². The molecule has 0 radical (unpaired) electrons. The van der Waals surface area contributed by atoms with Crippen LogP contribution >= 0.6 is 0 Å². The number of nitrogens with one attached hydrogen (secondary N) is 2. The molecule has 2 rings (SSSR count). The minimum atomic E-state index is -0.138. The maximum Gasteiger partial charge on any atom is 0.319 e. The molecule has 1 aliphatic heterocycles. The predicted molar refractivity (Wildman–Crippen MR) is 78.5 cm³/mol. The van der Waals surface area contributed by atoms with Crippen LogP contribution < -0.4 is 10.6 Å². The zero-order valence-corrected chi connectivity index (χ0v) is 11.6. The van der Waals surface area contributed by atoms with Gasteiger partial charge in [0.2, 0.25) is 0 Å². The summed E-state index contributed by atoms with van der Waals surface area (Å²) in [6, 6.07) is 5.78. The van der Waals surface area contributed by atoms with Gasteiger partial charge < -0.3 is 10.6 Å². The van der Waals surface area contributed by atoms with E-state index < -0.39 is 0 Å². The third-order valence-electron chi connectivity index (χ3n) is 3.46. The van der Waals surface area contributed by atoms with Crippen molar-refractivity contribution in [1.82, 2.24) is 10.2 Å². The molecule has 1 heterocycles. The molecule has 0 aromatic heterocycles. The van der Waals surface area contributed by atoms with E-state index in [1.165, 1.54) is 5.56 Å². The van der Waals surface area contributed by atoms with Gasteiger partial charge in [-0.25, -0.2) is 4.79 Å². The molecule has 1 aromatic rings. The molecule has 102 valence electrons. The summed E-state index contributed by atoms with van der Waals surface area (Å²) in [7, 11) is 0. The molecule has 0 atom stereocenters. The lowest BCUT2D eigenvalue weighted by Gasteiger charge is -2.15. The predicted octanol–water partition coefficient (Wildman–Crippen LogP) is 2.30. The third kappa shape index (κ3) is 3.83. The number of carbonyl (C=O) groups excluding carboxylic acids is 1. The van der Waals surface area contributed by atoms with Gasteiger partial charge in [-0.15, -0.1) is 0 Å². The van der Waals surface area contributed by atoms with Crippen molar-refractivity contribution in [2.75, 3.05) is 31.5 Å². The molecule has 0 aliphatic carbocycles. The van der Waals surface area contributed by atoms with E-state index in [0.29, 0.717) is 6.54 Å². The standard InChI is InChI=1S/C15H21N3O/c1-12-6-5-7-14(13(12)2)17-15(19)16-8-11-18-9-3-4-10-18/h3-7H,8-11H2,1-2H3,(H2,16,17,19). The number of nitrogens with zero attached hydrogens (tertiary/aromatic N) is 1. The summed E-state index contributed by atoms with van der Waals surface area (Å²) >= 11 is 0. The lowest BCUT2D eigenvalue weighted by molar-refractivity contribution is 0.249. The van der Waals surface area contributed by atoms with Crippen LogP contribution in [0.5, 0.6) is 0 Å². The van der Waals surface area contributed by atoms with Gasteiger partial charge in [0.1, 0.15) is 0 Å². The van der Waals surface area contributed by atoms with Gasteiger partial charge in [0.25, 0.3) is 0 Å². The fourth-order valence-corrected chi connectivity index (χ4v) is 2.08. The number of urea groups is 1. The number of amides is 2. The number of rotatable bonds is 4. The summed E-state index contributed by atoms with van der Waals surface area (Å²) in [5.41, 5.74) is 3.17. The highest BCUT2D eigenvalue weighted by Gasteiger charge is 2.08. The topological polar surface area (TPSA) is 44.4 Å². The molecule has 2 N–H and O–H groups in total. The Kier molecular flexibility index (Phi) is 4.58. The quantitative estimate of drug-likeness (QED) is 0.815. The molecular weight excluding hydrogens is 238 g/mol. The second kappa shape index (κ2) is 6.38. The van der Waals surface area contributed by atoms with Crippen LogP contribution in [0.15, 0.2) is 30.4 Å². The SMILES string of the molecule is Cc1cccc(NC(=O)NCCN2CC=CC2)c1C. The van der Waals surface area contributed by atoms with Gasteiger partial charge in [0.05, 0.1) is 0 Å². The maximum absolute atomic E-state index is 11.8. The van der Waals surface area contributed by atoms with E-state index in [-0.39, 0.29) is 6.03 Å². The molecule has 4 heteroatoms. The Labute approximate surface area is 114 Å². The highest BCUT2D eigenvalue weighted by molar-refractivity contribution is 5.90. The lowest BCUT2D eigenvalue weighted by Crippen LogP contribution is -2.36. The fourth-order valence-electron chi connectivity index (χ4n) is 2.08. The van der Waals surface area contributed by atoms with Crippen LogP contribution in [0.2, 0.25) is 0 Å². The molecule has 19 heavy (non-hydrogen) atoms. The monoisotopic (exact) mass is 259 g/mol. The van der Waals surface area contributed by atoms with E-state index in [9.17, 15) is 4.79 Å². The van der Waals surface area contributed by atoms with Gasteiger partial charge >= 0.3 is 6.03 Å². The molecule has 0 spiro atoms. The first-order valence-electron chi connectivity index (χ1n) is 6.65. The van der Waals surface area contributed by atoms with E-state index in [1.54, 1.807) is 0 Å². The van der Waals surface area contributed by atoms with Crippen LogP contribution in [0.25, 0.3) is 0 Å². The van der Waals surface area contributed by atoms with Crippen molar-refractivity contribution < 1.29 is 4.79 Å². The summed E-state index contributed by atoms with van der Waals surface area (Å²) < 4.78 is 0. The average molecular weight is 259 g/mol. The number of anilines is 1. The van der Waals surface area contributed by atoms with Crippen LogP contribution in [0.3, 0.4) is 0 Å². The van der Waals surface area contributed by atoms with E-state index in [4.69, 9.17) is 0 Å². The van der Waals surface area contributed by atoms with Gasteiger partial charge in [-0.1, -0.05) is 24.3 Å². The van der Waals surface area contributed by atoms with Gasteiger partial charge in [-0.3, -0.25) is 4.90 Å². The summed E-state index contributed by atoms with van der Waals surface area (Å²) in [6.07, 6.45) is 4.30. The van der Waals surface area contributed by atoms with Crippen molar-refractivity contribution >= 4 is 11.7 Å². The second-order valence-electron chi connectivity index (χ2n) is 4.86. The Hall–Kier alpha value is -1.81. The Bertz CT molecular complexity index is 474. The number of aryl methyl sites for hydroxylation is 1. The third-order valence-corrected chi connectivity index (χ3v) is 3.46. The minimum Gasteiger partial charge on any atom is -0.337 e. The zero-order valence-electron chi connectivity index (χ0n) is 11.6. The minimum absolute atomic E-state index is 0.138. The molecule has 4 nitrogen and oxygen atoms in total. The van der Waals surface area contributed by atoms with Crippen LogP contribution in [0.4, 0.5) is 10.5 Å². The number of hydrogen-bond donors (Lipinski definition) is 2. The van der Waals surface area contributed by atoms with E-state index in [1.807, 2.05) is 32.0 Å². The molecule has 0 fully saturated rings. The van der Waals surface area contributed by atoms with Crippen LogP contribution in [-0.2, 0) is 0 Å². The molecule has 2 amide bonds. The summed E-state index contributed by atoms with van der Waals surface area (Å²) in [5, 5.41) is 5.78. The summed E-state index contributed by atoms with van der Waals surface area (Å²) in [4.78, 5) is 14.1. The van der Waals surface area contributed by atoms with Crippen LogP contribution in [-0.4, -0.2) is 37.1 Å². The van der Waals surface area contributed by atoms with Gasteiger partial charge in [0, 0.05) is 31.9 Å². The maximum atomic E-state index is 11.8. The number of carbonyl (C=O) groups is 1. The first-order valence-corrected chi connectivity index (χ1v) is 6.65. The van der Waals surface area contributed by atoms with Gasteiger partial charge in [-0.2, -0.15) is 0 Å². The molecule has 0 saturated heterocycles. The Balaban J connectivity index is 1.76. The lowest BCUT2D eigenvalue weighted by atomic mass is 10.1. The van der Waals surface area contributed by atoms with E-state index >= 15 is 0 Å². The largest absolute Gasteiger partial charge is 0.337 e. The van der Waals surface area contributed by atoms with E-state index in [2.05, 4.69) is 27.7 Å². The Morgan fingerprint density at radius 3 is 2.74 bits per heavy atom. The molecule has 1 aliphatic rings. The average Bonchev–Trinajstić information content (AvgIpc) is 2.88. The Morgan fingerprint density at radius 1 is 1.26 bits per heavy atom. The van der Waals surface area contributed by atoms with Crippen molar-refractivity contribution in [1.29, 1.82) is 0 Å². The van der Waals surface area contributed by atoms with Crippen molar-refractivity contribution in [3.05, 3.63) is 41.5 Å². The molecule has 0 saturated carbocycles. The molecular formula is C15H21N3O. The normalized spacial score (nSPS) is 14.6. The summed E-state index contributed by atoms with van der Waals surface area (Å²) in [5.74, 6) is 0. The molecule has 0 unspecified atom stereocenters. The van der Waals surface area contributed by atoms with Crippen LogP contribution in [0.1, 0.15) is 11.1 Å². The van der Waals surface area contributed by atoms with Gasteiger partial charge in [-0.05, 0) is 31.0 Å². The van der Waals surface area contributed by atoms with Crippen molar-refractivity contribution in [2.45, 2.75) is 13.8 Å². The Morgan fingerprint density at radius 2 is 2.00 bits per heavy atom. The van der Waals surface area contributed by atoms with Crippen LogP contribution in [0, 0.1) is 13.8 Å². The van der Waals surface area contributed by atoms with Crippen molar-refractivity contribution in [3.63, 3.8) is 0 Å². The molecule has 0 bridgehead atoms. The molecule has 1 aromatic carbocycles. The van der Waals surface area contributed by atoms with E-state index in [0.717, 1.165) is 30.9 Å². The second-order valence-corrected chi connectivity index (χ2v) is 4.86. The summed E-state index contributed by atoms with van der Waals surface area (Å²) in [6.45, 7) is 7.58. The van der Waals surface area contributed by atoms with Gasteiger partial charge in [0.15, 0.2) is 0 Å². The highest BCUT2D eigenvalue weighted by Crippen LogP contribution is 2.17.